The Balaban J connectivity index is 3.15. The Morgan fingerprint density at radius 2 is 1.89 bits per heavy atom. The number of urea groups is 1. The predicted molar refractivity (Wildman–Crippen MR) is 120 cm³/mol. The molecule has 1 aromatic rings. The third kappa shape index (κ3) is 8.71. The van der Waals surface area contributed by atoms with E-state index in [0.717, 1.165) is 35.4 Å². The fourth-order valence-electron chi connectivity index (χ4n) is 2.45. The lowest BCUT2D eigenvalue weighted by atomic mass is 10.0. The summed E-state index contributed by atoms with van der Waals surface area (Å²) in [5.74, 6) is 1.05. The Morgan fingerprint density at radius 1 is 1.21 bits per heavy atom. The number of hydrogen-bond donors (Lipinski definition) is 3. The topological polar surface area (TPSA) is 79.5 Å². The summed E-state index contributed by atoms with van der Waals surface area (Å²) in [6.07, 6.45) is 8.77. The number of aliphatic imine (C=N–C) groups is 1. The van der Waals surface area contributed by atoms with Crippen LogP contribution in [0.1, 0.15) is 53.9 Å². The molecule has 0 heterocycles. The molecule has 0 fully saturated rings. The summed E-state index contributed by atoms with van der Waals surface area (Å²) < 4.78 is 0. The number of para-hydroxylation sites is 1. The Hall–Kier alpha value is -2.82. The van der Waals surface area contributed by atoms with E-state index in [1.54, 1.807) is 0 Å². The number of hydrogen-bond acceptors (Lipinski definition) is 3. The Labute approximate surface area is 169 Å². The van der Waals surface area contributed by atoms with Gasteiger partial charge in [0.1, 0.15) is 5.82 Å². The summed E-state index contributed by atoms with van der Waals surface area (Å²) in [5, 5.41) is 5.95. The van der Waals surface area contributed by atoms with Gasteiger partial charge in [0.2, 0.25) is 0 Å². The third-order valence-corrected chi connectivity index (χ3v) is 4.51. The molecule has 5 nitrogen and oxygen atoms in total. The van der Waals surface area contributed by atoms with Crippen molar-refractivity contribution >= 4 is 17.4 Å². The van der Waals surface area contributed by atoms with Crippen LogP contribution in [0.25, 0.3) is 0 Å². The lowest BCUT2D eigenvalue weighted by Crippen LogP contribution is -2.32. The molecule has 0 bridgehead atoms. The molecule has 1 rings (SSSR count). The van der Waals surface area contributed by atoms with Gasteiger partial charge in [-0.1, -0.05) is 51.1 Å². The van der Waals surface area contributed by atoms with Crippen molar-refractivity contribution in [1.29, 1.82) is 0 Å². The van der Waals surface area contributed by atoms with Gasteiger partial charge in [-0.2, -0.15) is 0 Å². The number of anilines is 1. The van der Waals surface area contributed by atoms with E-state index in [1.807, 2.05) is 43.5 Å². The summed E-state index contributed by atoms with van der Waals surface area (Å²) in [5.41, 5.74) is 9.40. The first-order valence-electron chi connectivity index (χ1n) is 9.85. The van der Waals surface area contributed by atoms with Crippen LogP contribution in [-0.4, -0.2) is 11.7 Å². The van der Waals surface area contributed by atoms with E-state index in [4.69, 9.17) is 5.73 Å². The van der Waals surface area contributed by atoms with E-state index >= 15 is 0 Å². The Bertz CT molecular complexity index is 745. The molecule has 0 radical (unpaired) electrons. The van der Waals surface area contributed by atoms with Crippen molar-refractivity contribution in [3.05, 3.63) is 65.7 Å². The van der Waals surface area contributed by atoms with Crippen LogP contribution in [0, 0.1) is 5.92 Å². The average molecular weight is 383 g/mol. The molecule has 0 aliphatic rings. The number of carbonyl (C=O) groups excluding carboxylic acids is 1. The van der Waals surface area contributed by atoms with Crippen LogP contribution in [0.3, 0.4) is 0 Å². The molecule has 152 valence electrons. The van der Waals surface area contributed by atoms with E-state index in [0.29, 0.717) is 18.2 Å². The van der Waals surface area contributed by atoms with Crippen LogP contribution in [0.15, 0.2) is 70.6 Å². The molecule has 0 saturated carbocycles. The highest BCUT2D eigenvalue weighted by molar-refractivity contribution is 5.84. The van der Waals surface area contributed by atoms with Crippen molar-refractivity contribution in [2.75, 3.05) is 5.32 Å². The lowest BCUT2D eigenvalue weighted by molar-refractivity contribution is 0.251. The summed E-state index contributed by atoms with van der Waals surface area (Å²) in [6.45, 7) is 10.5. The molecule has 28 heavy (non-hydrogen) atoms. The summed E-state index contributed by atoms with van der Waals surface area (Å²) in [6, 6.07) is 9.07. The van der Waals surface area contributed by atoms with Gasteiger partial charge in [-0.15, -0.1) is 0 Å². The monoisotopic (exact) mass is 382 g/mol. The van der Waals surface area contributed by atoms with Gasteiger partial charge >= 0.3 is 6.03 Å². The van der Waals surface area contributed by atoms with Crippen LogP contribution in [0.4, 0.5) is 10.5 Å². The van der Waals surface area contributed by atoms with Crippen molar-refractivity contribution in [3.63, 3.8) is 0 Å². The summed E-state index contributed by atoms with van der Waals surface area (Å²) in [4.78, 5) is 16.1. The number of amides is 2. The first kappa shape index (κ1) is 23.2. The smallest absolute Gasteiger partial charge is 0.317 e. The molecule has 2 amide bonds. The van der Waals surface area contributed by atoms with E-state index in [2.05, 4.69) is 55.5 Å². The molecule has 1 atom stereocenters. The van der Waals surface area contributed by atoms with Crippen LogP contribution < -0.4 is 16.4 Å². The Kier molecular flexibility index (Phi) is 10.4. The number of nitrogens with one attached hydrogen (secondary N) is 2. The first-order valence-corrected chi connectivity index (χ1v) is 9.85. The van der Waals surface area contributed by atoms with Gasteiger partial charge in [-0.25, -0.2) is 4.79 Å². The van der Waals surface area contributed by atoms with Gasteiger partial charge in [-0.3, -0.25) is 10.3 Å². The highest BCUT2D eigenvalue weighted by Gasteiger charge is 2.08. The molecule has 5 heteroatoms. The molecule has 0 saturated heterocycles. The molecule has 0 aliphatic carbocycles. The van der Waals surface area contributed by atoms with Crippen LogP contribution in [0.5, 0.6) is 0 Å². The van der Waals surface area contributed by atoms with Crippen molar-refractivity contribution < 1.29 is 4.79 Å². The molecule has 0 spiro atoms. The predicted octanol–water partition coefficient (Wildman–Crippen LogP) is 5.75. The number of primary amides is 1. The number of benzene rings is 1. The zero-order valence-electron chi connectivity index (χ0n) is 17.8. The second-order valence-corrected chi connectivity index (χ2v) is 6.91. The lowest BCUT2D eigenvalue weighted by Gasteiger charge is -2.15. The number of rotatable bonds is 10. The van der Waals surface area contributed by atoms with E-state index in [-0.39, 0.29) is 0 Å². The van der Waals surface area contributed by atoms with E-state index in [1.165, 1.54) is 0 Å². The maximum absolute atomic E-state index is 11.5. The minimum Gasteiger partial charge on any atom is -0.351 e. The summed E-state index contributed by atoms with van der Waals surface area (Å²) in [7, 11) is 0. The second-order valence-electron chi connectivity index (χ2n) is 6.91. The molecule has 1 aromatic carbocycles. The molecule has 1 unspecified atom stereocenters. The van der Waals surface area contributed by atoms with Gasteiger partial charge in [0.25, 0.3) is 0 Å². The second kappa shape index (κ2) is 12.5. The quantitative estimate of drug-likeness (QED) is 0.356. The van der Waals surface area contributed by atoms with Crippen molar-refractivity contribution in [3.8, 4) is 0 Å². The number of nitrogens with zero attached hydrogens (tertiary/aromatic N) is 1. The SMILES string of the molecule is CC/C=C\C(=C/N=C(C)C(C)CC)C/C(C)=C(/NC(N)=O)Nc1ccccc1. The van der Waals surface area contributed by atoms with Crippen LogP contribution in [-0.2, 0) is 0 Å². The van der Waals surface area contributed by atoms with Crippen molar-refractivity contribution in [2.24, 2.45) is 16.6 Å². The van der Waals surface area contributed by atoms with Gasteiger partial charge in [-0.05, 0) is 62.3 Å². The van der Waals surface area contributed by atoms with Crippen molar-refractivity contribution in [2.45, 2.75) is 53.9 Å². The minimum atomic E-state index is -0.599. The maximum Gasteiger partial charge on any atom is 0.317 e. The molecule has 0 aliphatic heterocycles. The molecular formula is C23H34N4O. The van der Waals surface area contributed by atoms with Crippen LogP contribution in [0.2, 0.25) is 0 Å². The zero-order valence-corrected chi connectivity index (χ0v) is 17.8. The highest BCUT2D eigenvalue weighted by atomic mass is 16.2. The Morgan fingerprint density at radius 3 is 2.46 bits per heavy atom. The normalized spacial score (nSPS) is 14.6. The van der Waals surface area contributed by atoms with E-state index < -0.39 is 6.03 Å². The minimum absolute atomic E-state index is 0.455. The third-order valence-electron chi connectivity index (χ3n) is 4.51. The molecule has 4 N–H and O–H groups in total. The number of carbonyl (C=O) groups is 1. The highest BCUT2D eigenvalue weighted by Crippen LogP contribution is 2.18. The fourth-order valence-corrected chi connectivity index (χ4v) is 2.45. The van der Waals surface area contributed by atoms with Crippen LogP contribution >= 0.6 is 0 Å². The van der Waals surface area contributed by atoms with Gasteiger partial charge < -0.3 is 11.1 Å². The maximum atomic E-state index is 11.5. The van der Waals surface area contributed by atoms with Gasteiger partial charge in [0.15, 0.2) is 0 Å². The van der Waals surface area contributed by atoms with Gasteiger partial charge in [0, 0.05) is 17.6 Å². The largest absolute Gasteiger partial charge is 0.351 e. The van der Waals surface area contributed by atoms with E-state index in [9.17, 15) is 4.79 Å². The molecular weight excluding hydrogens is 348 g/mol. The number of nitrogens with two attached hydrogens (primary N) is 1. The molecule has 0 aromatic heterocycles. The average Bonchev–Trinajstić information content (AvgIpc) is 2.68. The zero-order chi connectivity index (χ0) is 20.9. The van der Waals surface area contributed by atoms with Crippen molar-refractivity contribution in [1.82, 2.24) is 5.32 Å². The van der Waals surface area contributed by atoms with Gasteiger partial charge in [0.05, 0.1) is 0 Å². The first-order chi connectivity index (χ1) is 13.4. The summed E-state index contributed by atoms with van der Waals surface area (Å²) >= 11 is 0. The standard InChI is InChI=1S/C23H34N4O/c1-6-8-12-20(16-25-19(5)17(3)7-2)15-18(4)22(27-23(24)28)26-21-13-10-9-11-14-21/h8-14,16-17,26H,6-7,15H2,1-5H3,(H3,24,27,28)/b12-8-,20-16+,22-18+,25-19?. The fraction of sp³-hybridized carbons (Fsp3) is 0.391. The number of allylic oxidation sites excluding steroid dienone is 4.